The number of carboxylic acid groups (broad SMARTS) is 1. The summed E-state index contributed by atoms with van der Waals surface area (Å²) in [6.07, 6.45) is 0.415. The van der Waals surface area contributed by atoms with Crippen LogP contribution in [0.2, 0.25) is 0 Å². The lowest BCUT2D eigenvalue weighted by Gasteiger charge is -2.17. The van der Waals surface area contributed by atoms with Crippen LogP contribution in [-0.2, 0) is 4.79 Å². The molecule has 0 saturated carbocycles. The zero-order valence-electron chi connectivity index (χ0n) is 9.40. The number of rotatable bonds is 3. The van der Waals surface area contributed by atoms with Crippen molar-refractivity contribution in [3.63, 3.8) is 0 Å². The highest BCUT2D eigenvalue weighted by atomic mass is 79.9. The van der Waals surface area contributed by atoms with Crippen LogP contribution in [0.5, 0.6) is 0 Å². The van der Waals surface area contributed by atoms with Crippen LogP contribution in [0.15, 0.2) is 22.7 Å². The van der Waals surface area contributed by atoms with Gasteiger partial charge >= 0.3 is 5.97 Å². The number of hydrogen-bond donors (Lipinski definition) is 1. The van der Waals surface area contributed by atoms with Crippen LogP contribution < -0.4 is 4.90 Å². The summed E-state index contributed by atoms with van der Waals surface area (Å²) in [5.41, 5.74) is 0.751. The molecule has 0 spiro atoms. The monoisotopic (exact) mass is 331 g/mol. The standard InChI is InChI=1S/C12H11BrClNO3/c13-9-2-8(12(17)18)3-10(4-9)15-6-7(5-14)1-11(15)16/h2-4,7H,1,5-6H2,(H,17,18). The molecule has 1 aromatic carbocycles. The Morgan fingerprint density at radius 2 is 2.22 bits per heavy atom. The Kier molecular flexibility index (Phi) is 3.92. The molecule has 1 unspecified atom stereocenters. The highest BCUT2D eigenvalue weighted by Crippen LogP contribution is 2.29. The van der Waals surface area contributed by atoms with E-state index in [0.29, 0.717) is 29.0 Å². The van der Waals surface area contributed by atoms with Crippen molar-refractivity contribution < 1.29 is 14.7 Å². The van der Waals surface area contributed by atoms with Gasteiger partial charge < -0.3 is 10.0 Å². The fourth-order valence-electron chi connectivity index (χ4n) is 1.99. The predicted octanol–water partition coefficient (Wildman–Crippen LogP) is 2.74. The number of amides is 1. The molecule has 0 radical (unpaired) electrons. The van der Waals surface area contributed by atoms with E-state index in [4.69, 9.17) is 16.7 Å². The summed E-state index contributed by atoms with van der Waals surface area (Å²) < 4.78 is 0.638. The van der Waals surface area contributed by atoms with Crippen molar-refractivity contribution in [1.82, 2.24) is 0 Å². The molecule has 4 nitrogen and oxygen atoms in total. The molecule has 6 heteroatoms. The van der Waals surface area contributed by atoms with Crippen molar-refractivity contribution in [2.24, 2.45) is 5.92 Å². The number of anilines is 1. The molecule has 1 heterocycles. The van der Waals surface area contributed by atoms with Gasteiger partial charge in [0, 0.05) is 29.0 Å². The summed E-state index contributed by atoms with van der Waals surface area (Å²) in [5.74, 6) is -0.471. The number of benzene rings is 1. The number of carboxylic acids is 1. The van der Waals surface area contributed by atoms with Crippen LogP contribution in [0, 0.1) is 5.92 Å². The topological polar surface area (TPSA) is 57.6 Å². The summed E-state index contributed by atoms with van der Waals surface area (Å²) in [6, 6.07) is 4.74. The number of carbonyl (C=O) groups is 2. The quantitative estimate of drug-likeness (QED) is 0.866. The van der Waals surface area contributed by atoms with Crippen molar-refractivity contribution >= 4 is 45.1 Å². The smallest absolute Gasteiger partial charge is 0.335 e. The molecule has 1 aliphatic rings. The van der Waals surface area contributed by atoms with Crippen molar-refractivity contribution in [1.29, 1.82) is 0 Å². The van der Waals surface area contributed by atoms with Gasteiger partial charge in [-0.1, -0.05) is 15.9 Å². The lowest BCUT2D eigenvalue weighted by Crippen LogP contribution is -2.25. The van der Waals surface area contributed by atoms with E-state index < -0.39 is 5.97 Å². The van der Waals surface area contributed by atoms with Crippen LogP contribution in [0.3, 0.4) is 0 Å². The Labute approximate surface area is 118 Å². The molecule has 1 aliphatic heterocycles. The second-order valence-electron chi connectivity index (χ2n) is 4.23. The lowest BCUT2D eigenvalue weighted by atomic mass is 10.1. The third kappa shape index (κ3) is 2.67. The van der Waals surface area contributed by atoms with E-state index in [9.17, 15) is 9.59 Å². The van der Waals surface area contributed by atoms with Crippen LogP contribution in [0.4, 0.5) is 5.69 Å². The molecular formula is C12H11BrClNO3. The first kappa shape index (κ1) is 13.4. The lowest BCUT2D eigenvalue weighted by molar-refractivity contribution is -0.117. The van der Waals surface area contributed by atoms with Gasteiger partial charge in [-0.2, -0.15) is 0 Å². The van der Waals surface area contributed by atoms with Gasteiger partial charge in [-0.25, -0.2) is 4.79 Å². The summed E-state index contributed by atoms with van der Waals surface area (Å²) in [4.78, 5) is 24.4. The minimum Gasteiger partial charge on any atom is -0.478 e. The molecular weight excluding hydrogens is 321 g/mol. The first-order chi connectivity index (χ1) is 8.51. The SMILES string of the molecule is O=C(O)c1cc(Br)cc(N2CC(CCl)CC2=O)c1. The molecule has 1 fully saturated rings. The molecule has 0 bridgehead atoms. The molecule has 18 heavy (non-hydrogen) atoms. The van der Waals surface area contributed by atoms with Gasteiger partial charge in [0.2, 0.25) is 5.91 Å². The van der Waals surface area contributed by atoms with Gasteiger partial charge in [-0.3, -0.25) is 4.79 Å². The van der Waals surface area contributed by atoms with Gasteiger partial charge in [0.25, 0.3) is 0 Å². The first-order valence-electron chi connectivity index (χ1n) is 5.41. The summed E-state index contributed by atoms with van der Waals surface area (Å²) in [6.45, 7) is 0.540. The third-order valence-electron chi connectivity index (χ3n) is 2.86. The van der Waals surface area contributed by atoms with E-state index in [0.717, 1.165) is 0 Å². The van der Waals surface area contributed by atoms with Crippen molar-refractivity contribution in [2.45, 2.75) is 6.42 Å². The van der Waals surface area contributed by atoms with E-state index >= 15 is 0 Å². The zero-order valence-corrected chi connectivity index (χ0v) is 11.7. The highest BCUT2D eigenvalue weighted by molar-refractivity contribution is 9.10. The van der Waals surface area contributed by atoms with Crippen molar-refractivity contribution in [2.75, 3.05) is 17.3 Å². The second-order valence-corrected chi connectivity index (χ2v) is 5.46. The van der Waals surface area contributed by atoms with E-state index in [1.807, 2.05) is 0 Å². The molecule has 1 aromatic rings. The Balaban J connectivity index is 2.34. The largest absolute Gasteiger partial charge is 0.478 e. The van der Waals surface area contributed by atoms with Gasteiger partial charge in [0.1, 0.15) is 0 Å². The average molecular weight is 333 g/mol. The summed E-state index contributed by atoms with van der Waals surface area (Å²) >= 11 is 9.01. The molecule has 1 atom stereocenters. The number of aromatic carboxylic acids is 1. The molecule has 96 valence electrons. The maximum Gasteiger partial charge on any atom is 0.335 e. The van der Waals surface area contributed by atoms with E-state index in [2.05, 4.69) is 15.9 Å². The Hall–Kier alpha value is -1.07. The maximum atomic E-state index is 11.8. The maximum absolute atomic E-state index is 11.8. The Morgan fingerprint density at radius 1 is 1.50 bits per heavy atom. The minimum absolute atomic E-state index is 0.0184. The molecule has 1 amide bonds. The predicted molar refractivity (Wildman–Crippen MR) is 72.3 cm³/mol. The third-order valence-corrected chi connectivity index (χ3v) is 3.76. The van der Waals surface area contributed by atoms with Crippen LogP contribution >= 0.6 is 27.5 Å². The molecule has 0 aromatic heterocycles. The van der Waals surface area contributed by atoms with Crippen LogP contribution in [0.1, 0.15) is 16.8 Å². The Bertz CT molecular complexity index is 506. The molecule has 1 saturated heterocycles. The van der Waals surface area contributed by atoms with Crippen LogP contribution in [-0.4, -0.2) is 29.4 Å². The number of nitrogens with zero attached hydrogens (tertiary/aromatic N) is 1. The van der Waals surface area contributed by atoms with E-state index in [1.54, 1.807) is 11.0 Å². The minimum atomic E-state index is -1.02. The van der Waals surface area contributed by atoms with Gasteiger partial charge in [-0.15, -0.1) is 11.6 Å². The average Bonchev–Trinajstić information content (AvgIpc) is 2.69. The number of hydrogen-bond acceptors (Lipinski definition) is 2. The number of halogens is 2. The fraction of sp³-hybridized carbons (Fsp3) is 0.333. The Morgan fingerprint density at radius 3 is 2.78 bits per heavy atom. The van der Waals surface area contributed by atoms with Gasteiger partial charge in [-0.05, 0) is 24.1 Å². The molecule has 0 aliphatic carbocycles. The van der Waals surface area contributed by atoms with Gasteiger partial charge in [0.15, 0.2) is 0 Å². The number of carbonyl (C=O) groups excluding carboxylic acids is 1. The van der Waals surface area contributed by atoms with Gasteiger partial charge in [0.05, 0.1) is 5.56 Å². The van der Waals surface area contributed by atoms with E-state index in [-0.39, 0.29) is 17.4 Å². The van der Waals surface area contributed by atoms with Crippen molar-refractivity contribution in [3.8, 4) is 0 Å². The van der Waals surface area contributed by atoms with Crippen LogP contribution in [0.25, 0.3) is 0 Å². The zero-order chi connectivity index (χ0) is 13.3. The van der Waals surface area contributed by atoms with E-state index in [1.165, 1.54) is 12.1 Å². The molecule has 2 rings (SSSR count). The summed E-state index contributed by atoms with van der Waals surface area (Å²) in [5, 5.41) is 9.00. The number of alkyl halides is 1. The highest BCUT2D eigenvalue weighted by Gasteiger charge is 2.30. The normalized spacial score (nSPS) is 19.3. The second kappa shape index (κ2) is 5.28. The fourth-order valence-corrected chi connectivity index (χ4v) is 2.68. The summed E-state index contributed by atoms with van der Waals surface area (Å²) in [7, 11) is 0. The van der Waals surface area contributed by atoms with Crippen molar-refractivity contribution in [3.05, 3.63) is 28.2 Å². The first-order valence-corrected chi connectivity index (χ1v) is 6.74. The molecule has 1 N–H and O–H groups in total.